The molecule has 0 aromatic heterocycles. The Bertz CT molecular complexity index is 815. The SMILES string of the molecule is CCOP12(OCCO1)N(c1ccccc1)P1(OCC)(OCCO1)N2c1ccccc1. The van der Waals surface area contributed by atoms with Gasteiger partial charge >= 0.3 is 177 Å². The molecule has 0 amide bonds. The standard InChI is InChI=1S/C20H28N2O6P2/c1-3-23-29(25-15-16-26-29)21(19-11-7-5-8-12-19)30(24-4-2,27-17-18-28-30)22(29)20-13-9-6-10-14-20/h5-14H,3-4,15-18H2,1-2H3. The first-order valence-electron chi connectivity index (χ1n) is 10.3. The summed E-state index contributed by atoms with van der Waals surface area (Å²) in [4.78, 5) is 0. The van der Waals surface area contributed by atoms with Crippen LogP contribution in [0.5, 0.6) is 0 Å². The van der Waals surface area contributed by atoms with Crippen LogP contribution in [0.4, 0.5) is 11.4 Å². The number of rotatable bonds is 6. The third-order valence-corrected chi connectivity index (χ3v) is 16.3. The van der Waals surface area contributed by atoms with Gasteiger partial charge in [-0.25, -0.2) is 0 Å². The first-order chi connectivity index (χ1) is 14.6. The fraction of sp³-hybridized carbons (Fsp3) is 0.400. The summed E-state index contributed by atoms with van der Waals surface area (Å²) in [5.41, 5.74) is 1.65. The summed E-state index contributed by atoms with van der Waals surface area (Å²) in [5, 5.41) is 0. The maximum absolute atomic E-state index is 6.54. The number of anilines is 2. The molecule has 0 radical (unpaired) electrons. The van der Waals surface area contributed by atoms with Crippen molar-refractivity contribution in [2.75, 3.05) is 48.5 Å². The summed E-state index contributed by atoms with van der Waals surface area (Å²) >= 11 is 0. The van der Waals surface area contributed by atoms with Crippen LogP contribution in [0.25, 0.3) is 0 Å². The van der Waals surface area contributed by atoms with Crippen molar-refractivity contribution in [1.29, 1.82) is 0 Å². The minimum absolute atomic E-state index is 0.392. The quantitative estimate of drug-likeness (QED) is 0.535. The molecule has 3 aliphatic heterocycles. The van der Waals surface area contributed by atoms with Crippen molar-refractivity contribution in [3.8, 4) is 0 Å². The fourth-order valence-electron chi connectivity index (χ4n) is 4.62. The van der Waals surface area contributed by atoms with Crippen LogP contribution in [-0.4, -0.2) is 39.6 Å². The van der Waals surface area contributed by atoms with E-state index in [1.165, 1.54) is 0 Å². The van der Waals surface area contributed by atoms with Gasteiger partial charge in [-0.15, -0.1) is 0 Å². The van der Waals surface area contributed by atoms with Crippen LogP contribution in [0.15, 0.2) is 60.7 Å². The second-order valence-electron chi connectivity index (χ2n) is 7.02. The van der Waals surface area contributed by atoms with Crippen LogP contribution < -0.4 is 8.88 Å². The van der Waals surface area contributed by atoms with Gasteiger partial charge in [0.05, 0.1) is 0 Å². The Hall–Kier alpha value is -1.34. The van der Waals surface area contributed by atoms with Crippen molar-refractivity contribution in [1.82, 2.24) is 0 Å². The molecule has 3 aliphatic rings. The first kappa shape index (κ1) is 20.6. The van der Waals surface area contributed by atoms with Gasteiger partial charge in [0.15, 0.2) is 0 Å². The van der Waals surface area contributed by atoms with Gasteiger partial charge in [0.25, 0.3) is 0 Å². The molecule has 0 atom stereocenters. The van der Waals surface area contributed by atoms with E-state index in [9.17, 15) is 0 Å². The van der Waals surface area contributed by atoms with Gasteiger partial charge in [0.2, 0.25) is 0 Å². The molecule has 30 heavy (non-hydrogen) atoms. The van der Waals surface area contributed by atoms with Crippen LogP contribution >= 0.6 is 15.2 Å². The molecule has 0 aliphatic carbocycles. The zero-order valence-electron chi connectivity index (χ0n) is 17.3. The van der Waals surface area contributed by atoms with Gasteiger partial charge in [-0.05, 0) is 0 Å². The van der Waals surface area contributed by atoms with Gasteiger partial charge in [-0.1, -0.05) is 0 Å². The molecule has 3 saturated heterocycles. The number of para-hydroxylation sites is 2. The van der Waals surface area contributed by atoms with Crippen LogP contribution in [-0.2, 0) is 27.1 Å². The molecule has 5 rings (SSSR count). The molecule has 0 unspecified atom stereocenters. The van der Waals surface area contributed by atoms with Gasteiger partial charge in [-0.3, -0.25) is 0 Å². The Balaban J connectivity index is 1.84. The van der Waals surface area contributed by atoms with Crippen LogP contribution in [0.3, 0.4) is 0 Å². The Labute approximate surface area is 177 Å². The zero-order valence-corrected chi connectivity index (χ0v) is 19.0. The van der Waals surface area contributed by atoms with Crippen molar-refractivity contribution < 1.29 is 27.1 Å². The second kappa shape index (κ2) is 7.09. The molecular formula is C20H28N2O6P2. The predicted octanol–water partition coefficient (Wildman–Crippen LogP) is 5.44. The maximum atomic E-state index is 6.54. The molecule has 3 fully saturated rings. The summed E-state index contributed by atoms with van der Waals surface area (Å²) in [5.74, 6) is 0. The Morgan fingerprint density at radius 2 is 0.967 bits per heavy atom. The van der Waals surface area contributed by atoms with Crippen LogP contribution in [0.2, 0.25) is 0 Å². The molecule has 2 spiro atoms. The van der Waals surface area contributed by atoms with Gasteiger partial charge in [0.1, 0.15) is 0 Å². The summed E-state index contributed by atoms with van der Waals surface area (Å²) in [6.45, 7) is 6.28. The third kappa shape index (κ3) is 2.34. The van der Waals surface area contributed by atoms with E-state index in [0.717, 1.165) is 11.4 Å². The van der Waals surface area contributed by atoms with E-state index in [1.54, 1.807) is 0 Å². The molecule has 3 heterocycles. The Morgan fingerprint density at radius 1 is 0.633 bits per heavy atom. The molecule has 0 bridgehead atoms. The number of benzene rings is 2. The monoisotopic (exact) mass is 454 g/mol. The van der Waals surface area contributed by atoms with E-state index < -0.39 is 15.2 Å². The molecule has 2 aromatic carbocycles. The van der Waals surface area contributed by atoms with E-state index >= 15 is 0 Å². The fourth-order valence-corrected chi connectivity index (χ4v) is 17.5. The van der Waals surface area contributed by atoms with Crippen molar-refractivity contribution >= 4 is 26.5 Å². The summed E-state index contributed by atoms with van der Waals surface area (Å²) in [6.07, 6.45) is 0. The number of hydrogen-bond acceptors (Lipinski definition) is 8. The van der Waals surface area contributed by atoms with Crippen LogP contribution in [0.1, 0.15) is 13.8 Å². The Kier molecular flexibility index (Phi) is 4.86. The minimum atomic E-state index is -4.08. The van der Waals surface area contributed by atoms with Crippen molar-refractivity contribution in [2.45, 2.75) is 13.8 Å². The van der Waals surface area contributed by atoms with Crippen molar-refractivity contribution in [2.24, 2.45) is 0 Å². The average molecular weight is 454 g/mol. The van der Waals surface area contributed by atoms with Crippen molar-refractivity contribution in [3.05, 3.63) is 60.7 Å². The molecule has 0 saturated carbocycles. The number of hydrogen-bond donors (Lipinski definition) is 0. The summed E-state index contributed by atoms with van der Waals surface area (Å²) in [7, 11) is -8.16. The third-order valence-electron chi connectivity index (χ3n) is 5.36. The molecule has 0 N–H and O–H groups in total. The molecule has 164 valence electrons. The van der Waals surface area contributed by atoms with E-state index in [-0.39, 0.29) is 0 Å². The predicted molar refractivity (Wildman–Crippen MR) is 119 cm³/mol. The molecular weight excluding hydrogens is 426 g/mol. The van der Waals surface area contributed by atoms with E-state index in [1.807, 2.05) is 83.4 Å². The molecule has 2 aromatic rings. The van der Waals surface area contributed by atoms with E-state index in [4.69, 9.17) is 27.1 Å². The first-order valence-corrected chi connectivity index (χ1v) is 14.1. The second-order valence-corrected chi connectivity index (χ2v) is 14.0. The average Bonchev–Trinajstić information content (AvgIpc) is 3.39. The molecule has 8 nitrogen and oxygen atoms in total. The summed E-state index contributed by atoms with van der Waals surface area (Å²) in [6, 6.07) is 19.7. The van der Waals surface area contributed by atoms with E-state index in [2.05, 4.69) is 0 Å². The van der Waals surface area contributed by atoms with Gasteiger partial charge < -0.3 is 0 Å². The normalized spacial score (nSPS) is 27.8. The topological polar surface area (TPSA) is 61.9 Å². The number of nitrogens with zero attached hydrogens (tertiary/aromatic N) is 2. The molecule has 10 heteroatoms. The van der Waals surface area contributed by atoms with Crippen molar-refractivity contribution in [3.63, 3.8) is 0 Å². The zero-order chi connectivity index (χ0) is 20.8. The van der Waals surface area contributed by atoms with E-state index in [0.29, 0.717) is 39.6 Å². The van der Waals surface area contributed by atoms with Gasteiger partial charge in [-0.2, -0.15) is 0 Å². The van der Waals surface area contributed by atoms with Gasteiger partial charge in [0, 0.05) is 0 Å². The summed E-state index contributed by atoms with van der Waals surface area (Å²) < 4.78 is 43.1. The Morgan fingerprint density at radius 3 is 1.27 bits per heavy atom. The van der Waals surface area contributed by atoms with Crippen LogP contribution in [0, 0.1) is 0 Å².